The van der Waals surface area contributed by atoms with E-state index in [1.54, 1.807) is 6.07 Å². The first-order valence-corrected chi connectivity index (χ1v) is 6.60. The molecule has 0 aliphatic carbocycles. The smallest absolute Gasteiger partial charge is 0.270 e. The zero-order valence-corrected chi connectivity index (χ0v) is 11.9. The highest BCUT2D eigenvalue weighted by atomic mass is 19.1. The Morgan fingerprint density at radius 1 is 1.26 bits per heavy atom. The molecule has 8 heteroatoms. The van der Waals surface area contributed by atoms with E-state index in [4.69, 9.17) is 0 Å². The van der Waals surface area contributed by atoms with Gasteiger partial charge in [-0.3, -0.25) is 14.9 Å². The molecule has 0 radical (unpaired) electrons. The maximum atomic E-state index is 12.7. The van der Waals surface area contributed by atoms with Crippen LogP contribution in [0.25, 0.3) is 0 Å². The number of non-ortho nitro benzene ring substituents is 1. The molecular formula is C15H13FN4O3. The highest BCUT2D eigenvalue weighted by Crippen LogP contribution is 2.11. The highest BCUT2D eigenvalue weighted by Gasteiger charge is 2.04. The summed E-state index contributed by atoms with van der Waals surface area (Å²) in [5, 5.41) is 17.2. The molecule has 23 heavy (non-hydrogen) atoms. The number of nitrogens with zero attached hydrogens (tertiary/aromatic N) is 2. The van der Waals surface area contributed by atoms with Gasteiger partial charge in [0.1, 0.15) is 5.82 Å². The van der Waals surface area contributed by atoms with E-state index >= 15 is 0 Å². The molecule has 0 aliphatic rings. The van der Waals surface area contributed by atoms with Gasteiger partial charge in [-0.15, -0.1) is 0 Å². The van der Waals surface area contributed by atoms with Gasteiger partial charge in [-0.1, -0.05) is 12.1 Å². The molecule has 0 aliphatic heterocycles. The predicted molar refractivity (Wildman–Crippen MR) is 83.7 cm³/mol. The maximum Gasteiger partial charge on any atom is 0.270 e. The van der Waals surface area contributed by atoms with Crippen molar-refractivity contribution in [3.05, 3.63) is 70.0 Å². The third-order valence-corrected chi connectivity index (χ3v) is 2.78. The van der Waals surface area contributed by atoms with Crippen molar-refractivity contribution in [2.45, 2.75) is 0 Å². The standard InChI is InChI=1S/C15H13FN4O3/c16-12-4-6-13(7-5-12)17-10-15(21)19-18-9-11-2-1-3-14(8-11)20(22)23/h1-9,17H,10H2,(H,19,21)/b18-9+. The van der Waals surface area contributed by atoms with Crippen LogP contribution in [0, 0.1) is 15.9 Å². The van der Waals surface area contributed by atoms with Crippen LogP contribution < -0.4 is 10.7 Å². The van der Waals surface area contributed by atoms with Crippen molar-refractivity contribution in [1.82, 2.24) is 5.43 Å². The number of hydrogen-bond acceptors (Lipinski definition) is 5. The third kappa shape index (κ3) is 5.20. The second-order valence-electron chi connectivity index (χ2n) is 4.51. The fraction of sp³-hybridized carbons (Fsp3) is 0.0667. The van der Waals surface area contributed by atoms with Gasteiger partial charge in [-0.2, -0.15) is 5.10 Å². The van der Waals surface area contributed by atoms with Crippen molar-refractivity contribution in [3.63, 3.8) is 0 Å². The molecule has 0 heterocycles. The maximum absolute atomic E-state index is 12.7. The number of nitrogens with one attached hydrogen (secondary N) is 2. The van der Waals surface area contributed by atoms with Crippen LogP contribution in [0.4, 0.5) is 15.8 Å². The number of hydrogen-bond donors (Lipinski definition) is 2. The highest BCUT2D eigenvalue weighted by molar-refractivity contribution is 5.84. The normalized spacial score (nSPS) is 10.5. The number of halogens is 1. The van der Waals surface area contributed by atoms with Gasteiger partial charge in [0.05, 0.1) is 17.7 Å². The lowest BCUT2D eigenvalue weighted by molar-refractivity contribution is -0.384. The van der Waals surface area contributed by atoms with Crippen molar-refractivity contribution >= 4 is 23.5 Å². The third-order valence-electron chi connectivity index (χ3n) is 2.78. The summed E-state index contributed by atoms with van der Waals surface area (Å²) in [6.07, 6.45) is 1.31. The van der Waals surface area contributed by atoms with E-state index in [0.717, 1.165) is 0 Å². The zero-order valence-electron chi connectivity index (χ0n) is 11.9. The molecule has 0 saturated carbocycles. The van der Waals surface area contributed by atoms with Gasteiger partial charge in [-0.25, -0.2) is 9.82 Å². The Bertz CT molecular complexity index is 732. The minimum atomic E-state index is -0.511. The van der Waals surface area contributed by atoms with Crippen molar-refractivity contribution in [1.29, 1.82) is 0 Å². The average Bonchev–Trinajstić information content (AvgIpc) is 2.54. The molecule has 0 bridgehead atoms. The molecule has 0 atom stereocenters. The van der Waals surface area contributed by atoms with Gasteiger partial charge in [0.2, 0.25) is 0 Å². The molecule has 1 amide bonds. The van der Waals surface area contributed by atoms with E-state index in [9.17, 15) is 19.3 Å². The fourth-order valence-corrected chi connectivity index (χ4v) is 1.69. The first kappa shape index (κ1) is 16.1. The number of amides is 1. The molecule has 2 N–H and O–H groups in total. The topological polar surface area (TPSA) is 96.6 Å². The van der Waals surface area contributed by atoms with Crippen LogP contribution >= 0.6 is 0 Å². The van der Waals surface area contributed by atoms with Crippen molar-refractivity contribution in [2.75, 3.05) is 11.9 Å². The largest absolute Gasteiger partial charge is 0.376 e. The number of benzene rings is 2. The molecule has 0 saturated heterocycles. The molecular weight excluding hydrogens is 303 g/mol. The predicted octanol–water partition coefficient (Wildman–Crippen LogP) is 2.30. The van der Waals surface area contributed by atoms with Crippen molar-refractivity contribution < 1.29 is 14.1 Å². The molecule has 0 spiro atoms. The van der Waals surface area contributed by atoms with Crippen molar-refractivity contribution in [2.24, 2.45) is 5.10 Å². The Hall–Kier alpha value is -3.29. The number of carbonyl (C=O) groups excluding carboxylic acids is 1. The molecule has 0 unspecified atom stereocenters. The lowest BCUT2D eigenvalue weighted by Gasteiger charge is -2.04. The monoisotopic (exact) mass is 316 g/mol. The van der Waals surface area contributed by atoms with Crippen LogP contribution in [0.2, 0.25) is 0 Å². The number of nitro benzene ring substituents is 1. The van der Waals surface area contributed by atoms with E-state index < -0.39 is 10.8 Å². The van der Waals surface area contributed by atoms with Crippen LogP contribution in [0.3, 0.4) is 0 Å². The summed E-state index contributed by atoms with van der Waals surface area (Å²) in [5.74, 6) is -0.766. The number of carbonyl (C=O) groups is 1. The van der Waals surface area contributed by atoms with Crippen LogP contribution in [0.15, 0.2) is 53.6 Å². The summed E-state index contributed by atoms with van der Waals surface area (Å²) in [5.41, 5.74) is 3.32. The van der Waals surface area contributed by atoms with Gasteiger partial charge >= 0.3 is 0 Å². The van der Waals surface area contributed by atoms with Crippen molar-refractivity contribution in [3.8, 4) is 0 Å². The van der Waals surface area contributed by atoms with E-state index in [0.29, 0.717) is 11.3 Å². The Labute approximate surface area is 131 Å². The van der Waals surface area contributed by atoms with Crippen LogP contribution in [-0.4, -0.2) is 23.6 Å². The summed E-state index contributed by atoms with van der Waals surface area (Å²) in [7, 11) is 0. The summed E-state index contributed by atoms with van der Waals surface area (Å²) < 4.78 is 12.7. The minimum absolute atomic E-state index is 0.0437. The fourth-order valence-electron chi connectivity index (χ4n) is 1.69. The summed E-state index contributed by atoms with van der Waals surface area (Å²) in [6.45, 7) is -0.0437. The molecule has 7 nitrogen and oxygen atoms in total. The second kappa shape index (κ2) is 7.64. The summed E-state index contributed by atoms with van der Waals surface area (Å²) in [4.78, 5) is 21.7. The van der Waals surface area contributed by atoms with E-state index in [2.05, 4.69) is 15.8 Å². The lowest BCUT2D eigenvalue weighted by Crippen LogP contribution is -2.25. The van der Waals surface area contributed by atoms with E-state index in [1.165, 1.54) is 48.7 Å². The molecule has 0 fully saturated rings. The van der Waals surface area contributed by atoms with Gasteiger partial charge < -0.3 is 5.32 Å². The van der Waals surface area contributed by atoms with Gasteiger partial charge in [0, 0.05) is 23.4 Å². The number of rotatable bonds is 6. The SMILES string of the molecule is O=C(CNc1ccc(F)cc1)N/N=C/c1cccc([N+](=O)[O-])c1. The first-order chi connectivity index (χ1) is 11.0. The molecule has 2 aromatic rings. The number of hydrazone groups is 1. The zero-order chi connectivity index (χ0) is 16.7. The average molecular weight is 316 g/mol. The van der Waals surface area contributed by atoms with E-state index in [1.807, 2.05) is 0 Å². The van der Waals surface area contributed by atoms with E-state index in [-0.39, 0.29) is 18.0 Å². The molecule has 2 rings (SSSR count). The summed E-state index contributed by atoms with van der Waals surface area (Å²) >= 11 is 0. The number of anilines is 1. The summed E-state index contributed by atoms with van der Waals surface area (Å²) in [6, 6.07) is 11.4. The lowest BCUT2D eigenvalue weighted by atomic mass is 10.2. The van der Waals surface area contributed by atoms with Gasteiger partial charge in [-0.05, 0) is 24.3 Å². The minimum Gasteiger partial charge on any atom is -0.376 e. The van der Waals surface area contributed by atoms with Crippen LogP contribution in [0.1, 0.15) is 5.56 Å². The quantitative estimate of drug-likeness (QED) is 0.485. The van der Waals surface area contributed by atoms with Gasteiger partial charge in [0.25, 0.3) is 11.6 Å². The first-order valence-electron chi connectivity index (χ1n) is 6.60. The Kier molecular flexibility index (Phi) is 5.35. The Balaban J connectivity index is 1.83. The van der Waals surface area contributed by atoms with Crippen LogP contribution in [0.5, 0.6) is 0 Å². The molecule has 2 aromatic carbocycles. The number of nitro groups is 1. The Morgan fingerprint density at radius 2 is 2.00 bits per heavy atom. The molecule has 0 aromatic heterocycles. The molecule has 118 valence electrons. The van der Waals surface area contributed by atoms with Gasteiger partial charge in [0.15, 0.2) is 0 Å². The Morgan fingerprint density at radius 3 is 2.70 bits per heavy atom. The van der Waals surface area contributed by atoms with Crippen LogP contribution in [-0.2, 0) is 4.79 Å². The second-order valence-corrected chi connectivity index (χ2v) is 4.51.